The van der Waals surface area contributed by atoms with Gasteiger partial charge in [0.1, 0.15) is 5.78 Å². The highest BCUT2D eigenvalue weighted by molar-refractivity contribution is 7.80. The van der Waals surface area contributed by atoms with Gasteiger partial charge >= 0.3 is 6.18 Å². The van der Waals surface area contributed by atoms with Gasteiger partial charge in [-0.25, -0.2) is 4.98 Å². The fourth-order valence-corrected chi connectivity index (χ4v) is 5.38. The molecule has 0 fully saturated rings. The van der Waals surface area contributed by atoms with Crippen molar-refractivity contribution in [2.24, 2.45) is 17.6 Å². The van der Waals surface area contributed by atoms with Gasteiger partial charge in [0.15, 0.2) is 5.11 Å². The second-order valence-corrected chi connectivity index (χ2v) is 11.8. The molecular weight excluding hydrogens is 587 g/mol. The van der Waals surface area contributed by atoms with Gasteiger partial charge in [-0.05, 0) is 74.5 Å². The number of nitrogens with zero attached hydrogens (tertiary/aromatic N) is 5. The van der Waals surface area contributed by atoms with Gasteiger partial charge in [-0.1, -0.05) is 44.2 Å². The number of nitrogens with one attached hydrogen (secondary N) is 1. The van der Waals surface area contributed by atoms with Crippen LogP contribution in [0.1, 0.15) is 48.2 Å². The van der Waals surface area contributed by atoms with Crippen LogP contribution in [0, 0.1) is 23.2 Å². The number of nitrogens with two attached hydrogens (primary N) is 1. The van der Waals surface area contributed by atoms with E-state index in [-0.39, 0.29) is 35.3 Å². The van der Waals surface area contributed by atoms with Crippen molar-refractivity contribution in [2.45, 2.75) is 52.1 Å². The van der Waals surface area contributed by atoms with Crippen molar-refractivity contribution in [1.29, 1.82) is 5.26 Å². The number of imidazole rings is 1. The topological polar surface area (TPSA) is 103 Å². The van der Waals surface area contributed by atoms with Crippen molar-refractivity contribution >= 4 is 23.1 Å². The zero-order valence-electron chi connectivity index (χ0n) is 25.5. The molecule has 236 valence electrons. The third-order valence-electron chi connectivity index (χ3n) is 7.39. The van der Waals surface area contributed by atoms with Crippen LogP contribution in [0.15, 0.2) is 61.1 Å². The highest BCUT2D eigenvalue weighted by Crippen LogP contribution is 2.33. The first-order chi connectivity index (χ1) is 20.8. The molecule has 2 aromatic carbocycles. The third-order valence-corrected chi connectivity index (χ3v) is 7.77. The average Bonchev–Trinajstić information content (AvgIpc) is 3.39. The monoisotopic (exact) mass is 627 g/mol. The number of ketones is 1. The quantitative estimate of drug-likeness (QED) is 0.149. The van der Waals surface area contributed by atoms with Crippen LogP contribution in [-0.2, 0) is 30.5 Å². The van der Waals surface area contributed by atoms with E-state index in [0.717, 1.165) is 24.6 Å². The molecule has 0 aliphatic carbocycles. The van der Waals surface area contributed by atoms with Crippen molar-refractivity contribution in [3.63, 3.8) is 0 Å². The Labute approximate surface area is 262 Å². The number of hydrogen-bond donors (Lipinski definition) is 2. The number of alkyl halides is 3. The molecule has 0 saturated carbocycles. The molecule has 3 N–H and O–H groups in total. The number of thiocarbonyl (C=S) groups is 1. The Morgan fingerprint density at radius 3 is 2.45 bits per heavy atom. The smallest absolute Gasteiger partial charge is 0.362 e. The maximum Gasteiger partial charge on any atom is 0.416 e. The molecule has 0 saturated heterocycles. The summed E-state index contributed by atoms with van der Waals surface area (Å²) in [5.41, 5.74) is 8.19. The molecule has 1 aromatic heterocycles. The van der Waals surface area contributed by atoms with E-state index in [0.29, 0.717) is 24.3 Å². The lowest BCUT2D eigenvalue weighted by Crippen LogP contribution is -2.56. The lowest BCUT2D eigenvalue weighted by Gasteiger charge is -2.38. The van der Waals surface area contributed by atoms with Crippen LogP contribution >= 0.6 is 12.2 Å². The Morgan fingerprint density at radius 1 is 1.16 bits per heavy atom. The molecule has 44 heavy (non-hydrogen) atoms. The van der Waals surface area contributed by atoms with E-state index in [1.165, 1.54) is 17.0 Å². The fraction of sp³-hybridized carbons (Fsp3) is 0.438. The largest absolute Gasteiger partial charge is 0.416 e. The van der Waals surface area contributed by atoms with Gasteiger partial charge in [-0.2, -0.15) is 18.4 Å². The molecule has 3 aromatic rings. The summed E-state index contributed by atoms with van der Waals surface area (Å²) in [6, 6.07) is 14.6. The minimum atomic E-state index is -4.56. The van der Waals surface area contributed by atoms with Crippen molar-refractivity contribution in [3.05, 3.63) is 89.0 Å². The Kier molecular flexibility index (Phi) is 12.5. The maximum absolute atomic E-state index is 13.9. The van der Waals surface area contributed by atoms with Crippen molar-refractivity contribution in [3.8, 4) is 6.07 Å². The number of carbonyl (C=O) groups is 1. The Bertz CT molecular complexity index is 1430. The van der Waals surface area contributed by atoms with Crippen LogP contribution in [0.3, 0.4) is 0 Å². The minimum Gasteiger partial charge on any atom is -0.362 e. The molecule has 0 spiro atoms. The Morgan fingerprint density at radius 2 is 1.84 bits per heavy atom. The predicted octanol–water partition coefficient (Wildman–Crippen LogP) is 4.82. The zero-order valence-corrected chi connectivity index (χ0v) is 26.3. The average molecular weight is 628 g/mol. The summed E-state index contributed by atoms with van der Waals surface area (Å²) >= 11 is 5.68. The first kappa shape index (κ1) is 34.7. The molecule has 0 bridgehead atoms. The van der Waals surface area contributed by atoms with Gasteiger partial charge in [-0.3, -0.25) is 4.79 Å². The van der Waals surface area contributed by atoms with E-state index in [2.05, 4.69) is 16.4 Å². The summed E-state index contributed by atoms with van der Waals surface area (Å²) in [7, 11) is 3.90. The van der Waals surface area contributed by atoms with E-state index >= 15 is 0 Å². The van der Waals surface area contributed by atoms with Crippen LogP contribution in [-0.4, -0.2) is 63.6 Å². The van der Waals surface area contributed by atoms with Gasteiger partial charge in [-0.15, -0.1) is 0 Å². The summed E-state index contributed by atoms with van der Waals surface area (Å²) in [4.78, 5) is 21.7. The summed E-state index contributed by atoms with van der Waals surface area (Å²) in [5.74, 6) is -1.14. The molecule has 2 atom stereocenters. The number of nitriles is 1. The number of halogens is 3. The summed E-state index contributed by atoms with van der Waals surface area (Å²) in [6.07, 6.45) is -1.51. The summed E-state index contributed by atoms with van der Waals surface area (Å²) in [6.45, 7) is 5.26. The van der Waals surface area contributed by atoms with Crippen molar-refractivity contribution in [2.75, 3.05) is 27.2 Å². The molecule has 0 aliphatic rings. The molecule has 1 heterocycles. The molecule has 12 heteroatoms. The molecule has 0 amide bonds. The van der Waals surface area contributed by atoms with E-state index in [1.807, 2.05) is 49.5 Å². The molecule has 1 unspecified atom stereocenters. The van der Waals surface area contributed by atoms with Gasteiger partial charge in [0.2, 0.25) is 0 Å². The normalized spacial score (nSPS) is 13.0. The van der Waals surface area contributed by atoms with Crippen LogP contribution in [0.2, 0.25) is 0 Å². The van der Waals surface area contributed by atoms with E-state index in [1.54, 1.807) is 30.7 Å². The van der Waals surface area contributed by atoms with Gasteiger partial charge in [0.05, 0.1) is 35.6 Å². The van der Waals surface area contributed by atoms with Gasteiger partial charge in [0.25, 0.3) is 0 Å². The number of benzene rings is 2. The third kappa shape index (κ3) is 9.61. The number of carbonyl (C=O) groups excluding carboxylic acids is 1. The number of Topliss-reactive ketones (excluding diaryl/α,β-unsaturated/α-hetero) is 1. The molecule has 3 rings (SSSR count). The highest BCUT2D eigenvalue weighted by Gasteiger charge is 2.37. The first-order valence-corrected chi connectivity index (χ1v) is 14.8. The molecular formula is C32H40F3N7OS. The predicted molar refractivity (Wildman–Crippen MR) is 168 cm³/mol. The number of hydrogen-bond acceptors (Lipinski definition) is 6. The second kappa shape index (κ2) is 15.8. The minimum absolute atomic E-state index is 0.0170. The highest BCUT2D eigenvalue weighted by atomic mass is 32.1. The second-order valence-electron chi connectivity index (χ2n) is 11.4. The lowest BCUT2D eigenvalue weighted by molar-refractivity contribution is -0.138. The van der Waals surface area contributed by atoms with Gasteiger partial charge in [0, 0.05) is 37.9 Å². The van der Waals surface area contributed by atoms with Crippen LogP contribution in [0.25, 0.3) is 0 Å². The van der Waals surface area contributed by atoms with Crippen LogP contribution in [0.5, 0.6) is 0 Å². The number of aromatic nitrogens is 2. The van der Waals surface area contributed by atoms with Crippen molar-refractivity contribution < 1.29 is 18.0 Å². The van der Waals surface area contributed by atoms with Crippen LogP contribution in [0.4, 0.5) is 13.2 Å². The summed E-state index contributed by atoms with van der Waals surface area (Å²) < 4.78 is 43.6. The summed E-state index contributed by atoms with van der Waals surface area (Å²) in [5, 5.41) is 12.4. The Balaban J connectivity index is 1.86. The SMILES string of the molecule is CC(C)[C@H](C(=O)Cc1cncn1Cc1ccc(C#N)cc1)C(N)N(Cc1ccccc1C(F)(F)F)C(=S)NCCCN(C)C. The van der Waals surface area contributed by atoms with Crippen LogP contribution < -0.4 is 11.1 Å². The lowest BCUT2D eigenvalue weighted by atomic mass is 9.86. The molecule has 8 nitrogen and oxygen atoms in total. The fourth-order valence-electron chi connectivity index (χ4n) is 5.09. The zero-order chi connectivity index (χ0) is 32.4. The molecule has 0 aliphatic heterocycles. The van der Waals surface area contributed by atoms with Crippen molar-refractivity contribution in [1.82, 2.24) is 24.7 Å². The van der Waals surface area contributed by atoms with E-state index in [9.17, 15) is 18.0 Å². The Hall–Kier alpha value is -3.79. The standard InChI is InChI=1S/C32H40F3N7OS/c1-22(2)29(28(43)16-26-18-38-21-41(26)19-24-12-10-23(17-36)11-13-24)30(37)42(31(44)39-14-7-15-40(3)4)20-25-8-5-6-9-27(25)32(33,34)35/h5-6,8-13,18,21-22,29-30H,7,14-16,19-20,37H2,1-4H3,(H,39,44)/t29-,30?/m1/s1. The first-order valence-electron chi connectivity index (χ1n) is 14.4. The van der Waals surface area contributed by atoms with Gasteiger partial charge < -0.3 is 25.4 Å². The van der Waals surface area contributed by atoms with E-state index < -0.39 is 23.8 Å². The molecule has 0 radical (unpaired) electrons. The number of rotatable bonds is 14. The maximum atomic E-state index is 13.9. The van der Waals surface area contributed by atoms with E-state index in [4.69, 9.17) is 23.2 Å².